The number of aromatic nitrogens is 1. The van der Waals surface area contributed by atoms with Crippen LogP contribution in [-0.2, 0) is 11.3 Å². The van der Waals surface area contributed by atoms with Crippen LogP contribution in [0.1, 0.15) is 45.9 Å². The molecule has 0 aromatic carbocycles. The van der Waals surface area contributed by atoms with Crippen molar-refractivity contribution >= 4 is 5.91 Å². The number of carbonyl (C=O) groups is 1. The Morgan fingerprint density at radius 3 is 2.68 bits per heavy atom. The van der Waals surface area contributed by atoms with Crippen molar-refractivity contribution in [1.29, 1.82) is 0 Å². The van der Waals surface area contributed by atoms with Crippen LogP contribution >= 0.6 is 0 Å². The van der Waals surface area contributed by atoms with Crippen LogP contribution in [0.5, 0.6) is 0 Å². The van der Waals surface area contributed by atoms with Crippen LogP contribution in [0.2, 0.25) is 0 Å². The normalized spacial score (nSPS) is 12.7. The Bertz CT molecular complexity index is 398. The molecular formula is C15H27N3O. The lowest BCUT2D eigenvalue weighted by atomic mass is 10.2. The molecule has 1 N–H and O–H groups in total. The number of hydrogen-bond acceptors (Lipinski definition) is 2. The van der Waals surface area contributed by atoms with E-state index in [0.29, 0.717) is 6.54 Å². The van der Waals surface area contributed by atoms with Gasteiger partial charge in [0.05, 0.1) is 0 Å². The van der Waals surface area contributed by atoms with E-state index in [1.54, 1.807) is 4.90 Å². The number of likely N-dealkylation sites (N-methyl/N-ethyl adjacent to an activating group) is 1. The molecule has 1 heterocycles. The summed E-state index contributed by atoms with van der Waals surface area (Å²) in [5, 5.41) is 3.45. The molecule has 4 heteroatoms. The Balaban J connectivity index is 2.69. The second-order valence-electron chi connectivity index (χ2n) is 5.34. The maximum absolute atomic E-state index is 12.1. The van der Waals surface area contributed by atoms with E-state index in [-0.39, 0.29) is 18.0 Å². The first-order valence-corrected chi connectivity index (χ1v) is 7.11. The van der Waals surface area contributed by atoms with E-state index in [1.807, 2.05) is 37.7 Å². The molecular weight excluding hydrogens is 238 g/mol. The van der Waals surface area contributed by atoms with Crippen LogP contribution in [0, 0.1) is 0 Å². The van der Waals surface area contributed by atoms with E-state index in [2.05, 4.69) is 25.2 Å². The summed E-state index contributed by atoms with van der Waals surface area (Å²) in [7, 11) is 1.86. The minimum absolute atomic E-state index is 0.148. The summed E-state index contributed by atoms with van der Waals surface area (Å²) in [6, 6.07) is 4.59. The Morgan fingerprint density at radius 2 is 2.11 bits per heavy atom. The van der Waals surface area contributed by atoms with Crippen molar-refractivity contribution in [3.8, 4) is 0 Å². The van der Waals surface area contributed by atoms with Gasteiger partial charge in [-0.2, -0.15) is 0 Å². The Kier molecular flexibility index (Phi) is 6.09. The van der Waals surface area contributed by atoms with Gasteiger partial charge in [-0.05, 0) is 45.9 Å². The molecule has 0 fully saturated rings. The van der Waals surface area contributed by atoms with Gasteiger partial charge in [0, 0.05) is 31.0 Å². The van der Waals surface area contributed by atoms with Gasteiger partial charge in [0.1, 0.15) is 6.54 Å². The zero-order valence-corrected chi connectivity index (χ0v) is 12.8. The molecule has 19 heavy (non-hydrogen) atoms. The molecule has 0 bridgehead atoms. The average molecular weight is 265 g/mol. The molecule has 0 radical (unpaired) electrons. The summed E-state index contributed by atoms with van der Waals surface area (Å²) >= 11 is 0. The zero-order chi connectivity index (χ0) is 14.4. The number of nitrogens with one attached hydrogen (secondary N) is 1. The van der Waals surface area contributed by atoms with Crippen molar-refractivity contribution in [2.75, 3.05) is 13.6 Å². The third-order valence-electron chi connectivity index (χ3n) is 3.48. The average Bonchev–Trinajstić information content (AvgIpc) is 2.82. The zero-order valence-electron chi connectivity index (χ0n) is 12.8. The molecule has 0 spiro atoms. The highest BCUT2D eigenvalue weighted by molar-refractivity contribution is 5.76. The van der Waals surface area contributed by atoms with Gasteiger partial charge in [-0.15, -0.1) is 0 Å². The molecule has 1 atom stereocenters. The first-order chi connectivity index (χ1) is 8.97. The van der Waals surface area contributed by atoms with E-state index >= 15 is 0 Å². The number of rotatable bonds is 7. The number of amides is 1. The van der Waals surface area contributed by atoms with Crippen molar-refractivity contribution in [3.63, 3.8) is 0 Å². The van der Waals surface area contributed by atoms with Crippen molar-refractivity contribution in [2.45, 2.75) is 52.7 Å². The summed E-state index contributed by atoms with van der Waals surface area (Å²) in [5.74, 6) is 0.148. The van der Waals surface area contributed by atoms with Gasteiger partial charge in [-0.25, -0.2) is 0 Å². The Labute approximate surface area is 116 Å². The predicted octanol–water partition coefficient (Wildman–Crippen LogP) is 2.42. The summed E-state index contributed by atoms with van der Waals surface area (Å²) in [6.45, 7) is 9.75. The largest absolute Gasteiger partial charge is 0.342 e. The maximum Gasteiger partial charge on any atom is 0.242 e. The van der Waals surface area contributed by atoms with Gasteiger partial charge in [-0.1, -0.05) is 6.92 Å². The molecule has 1 aromatic rings. The Morgan fingerprint density at radius 1 is 1.42 bits per heavy atom. The molecule has 1 aromatic heterocycles. The monoisotopic (exact) mass is 265 g/mol. The Hall–Kier alpha value is -1.29. The van der Waals surface area contributed by atoms with E-state index in [1.165, 1.54) is 5.69 Å². The van der Waals surface area contributed by atoms with Gasteiger partial charge in [0.15, 0.2) is 0 Å². The van der Waals surface area contributed by atoms with Gasteiger partial charge in [0.25, 0.3) is 0 Å². The second-order valence-corrected chi connectivity index (χ2v) is 5.34. The van der Waals surface area contributed by atoms with Crippen LogP contribution in [0.3, 0.4) is 0 Å². The highest BCUT2D eigenvalue weighted by Gasteiger charge is 2.15. The smallest absolute Gasteiger partial charge is 0.242 e. The molecule has 0 aliphatic heterocycles. The van der Waals surface area contributed by atoms with Crippen LogP contribution in [-0.4, -0.2) is 35.0 Å². The summed E-state index contributed by atoms with van der Waals surface area (Å²) in [5.41, 5.74) is 1.17. The quantitative estimate of drug-likeness (QED) is 0.822. The van der Waals surface area contributed by atoms with Crippen molar-refractivity contribution < 1.29 is 4.79 Å². The fourth-order valence-corrected chi connectivity index (χ4v) is 1.98. The highest BCUT2D eigenvalue weighted by atomic mass is 16.2. The van der Waals surface area contributed by atoms with Gasteiger partial charge in [0.2, 0.25) is 5.91 Å². The van der Waals surface area contributed by atoms with E-state index < -0.39 is 0 Å². The number of hydrogen-bond donors (Lipinski definition) is 1. The van der Waals surface area contributed by atoms with Crippen molar-refractivity contribution in [3.05, 3.63) is 24.0 Å². The molecule has 0 aliphatic rings. The highest BCUT2D eigenvalue weighted by Crippen LogP contribution is 2.14. The van der Waals surface area contributed by atoms with Gasteiger partial charge in [-0.3, -0.25) is 4.79 Å². The van der Waals surface area contributed by atoms with E-state index in [0.717, 1.165) is 13.0 Å². The standard InChI is InChI=1S/C15H27N3O/c1-6-9-16-13(4)14-8-7-10-18(14)11-15(19)17(5)12(2)3/h7-8,10,12-13,16H,6,9,11H2,1-5H3. The minimum Gasteiger partial charge on any atom is -0.342 e. The van der Waals surface area contributed by atoms with E-state index in [4.69, 9.17) is 0 Å². The lowest BCUT2D eigenvalue weighted by Crippen LogP contribution is -2.36. The first-order valence-electron chi connectivity index (χ1n) is 7.11. The number of carbonyl (C=O) groups excluding carboxylic acids is 1. The van der Waals surface area contributed by atoms with Gasteiger partial charge >= 0.3 is 0 Å². The second kappa shape index (κ2) is 7.34. The molecule has 0 saturated carbocycles. The summed E-state index contributed by atoms with van der Waals surface area (Å²) in [6.07, 6.45) is 3.09. The first kappa shape index (κ1) is 15.8. The van der Waals surface area contributed by atoms with Gasteiger partial charge < -0.3 is 14.8 Å². The van der Waals surface area contributed by atoms with Crippen molar-refractivity contribution in [2.24, 2.45) is 0 Å². The molecule has 4 nitrogen and oxygen atoms in total. The van der Waals surface area contributed by atoms with Crippen molar-refractivity contribution in [1.82, 2.24) is 14.8 Å². The van der Waals surface area contributed by atoms with Crippen LogP contribution < -0.4 is 5.32 Å². The third kappa shape index (κ3) is 4.39. The lowest BCUT2D eigenvalue weighted by molar-refractivity contribution is -0.132. The summed E-state index contributed by atoms with van der Waals surface area (Å²) < 4.78 is 2.04. The fraction of sp³-hybridized carbons (Fsp3) is 0.667. The molecule has 0 aliphatic carbocycles. The molecule has 0 saturated heterocycles. The number of nitrogens with zero attached hydrogens (tertiary/aromatic N) is 2. The molecule has 1 amide bonds. The predicted molar refractivity (Wildman–Crippen MR) is 79.0 cm³/mol. The summed E-state index contributed by atoms with van der Waals surface area (Å²) in [4.78, 5) is 13.9. The molecule has 1 unspecified atom stereocenters. The van der Waals surface area contributed by atoms with E-state index in [9.17, 15) is 4.79 Å². The molecule has 1 rings (SSSR count). The van der Waals surface area contributed by atoms with Crippen LogP contribution in [0.4, 0.5) is 0 Å². The van der Waals surface area contributed by atoms with Crippen LogP contribution in [0.15, 0.2) is 18.3 Å². The van der Waals surface area contributed by atoms with Crippen LogP contribution in [0.25, 0.3) is 0 Å². The SMILES string of the molecule is CCCNC(C)c1cccn1CC(=O)N(C)C(C)C. The minimum atomic E-state index is 0.148. The molecule has 108 valence electrons. The topological polar surface area (TPSA) is 37.3 Å². The lowest BCUT2D eigenvalue weighted by Gasteiger charge is -2.23. The third-order valence-corrected chi connectivity index (χ3v) is 3.48. The maximum atomic E-state index is 12.1. The fourth-order valence-electron chi connectivity index (χ4n) is 1.98.